The number of carboxylic acid groups (broad SMARTS) is 1. The highest BCUT2D eigenvalue weighted by molar-refractivity contribution is 5.96. The molecule has 37 heavy (non-hydrogen) atoms. The Labute approximate surface area is 218 Å². The number of hydrogen-bond donors (Lipinski definition) is 1. The molecule has 2 heterocycles. The van der Waals surface area contributed by atoms with E-state index in [-0.39, 0.29) is 5.91 Å². The molecule has 0 saturated carbocycles. The second kappa shape index (κ2) is 10.8. The van der Waals surface area contributed by atoms with Crippen LogP contribution in [-0.2, 0) is 17.8 Å². The van der Waals surface area contributed by atoms with Gasteiger partial charge in [-0.25, -0.2) is 4.79 Å². The Morgan fingerprint density at radius 1 is 1.03 bits per heavy atom. The van der Waals surface area contributed by atoms with Crippen LogP contribution in [0.1, 0.15) is 66.1 Å². The van der Waals surface area contributed by atoms with Crippen LogP contribution in [0.15, 0.2) is 66.9 Å². The molecule has 1 amide bonds. The first-order valence-electron chi connectivity index (χ1n) is 13.2. The van der Waals surface area contributed by atoms with Crippen LogP contribution in [0.2, 0.25) is 0 Å². The summed E-state index contributed by atoms with van der Waals surface area (Å²) < 4.78 is 2.17. The third kappa shape index (κ3) is 5.54. The molecule has 1 aliphatic heterocycles. The molecule has 0 radical (unpaired) electrons. The molecule has 192 valence electrons. The third-order valence-corrected chi connectivity index (χ3v) is 7.41. The van der Waals surface area contributed by atoms with Gasteiger partial charge in [0.15, 0.2) is 0 Å². The molecule has 6 nitrogen and oxygen atoms in total. The highest BCUT2D eigenvalue weighted by Crippen LogP contribution is 2.29. The number of nitrogens with zero attached hydrogens (tertiary/aromatic N) is 3. The lowest BCUT2D eigenvalue weighted by molar-refractivity contribution is -0.134. The lowest BCUT2D eigenvalue weighted by atomic mass is 10.0. The first-order valence-corrected chi connectivity index (χ1v) is 13.2. The molecule has 0 atom stereocenters. The van der Waals surface area contributed by atoms with Crippen LogP contribution >= 0.6 is 0 Å². The average Bonchev–Trinajstić information content (AvgIpc) is 3.27. The first kappa shape index (κ1) is 25.0. The quantitative estimate of drug-likeness (QED) is 0.442. The number of hydrogen-bond acceptors (Lipinski definition) is 3. The Bertz CT molecular complexity index is 1360. The maximum atomic E-state index is 13.1. The predicted octanol–water partition coefficient (Wildman–Crippen LogP) is 5.89. The molecule has 1 saturated heterocycles. The van der Waals surface area contributed by atoms with Gasteiger partial charge in [0.1, 0.15) is 0 Å². The van der Waals surface area contributed by atoms with Crippen LogP contribution < -0.4 is 0 Å². The maximum absolute atomic E-state index is 13.1. The third-order valence-electron chi connectivity index (χ3n) is 7.41. The van der Waals surface area contributed by atoms with Gasteiger partial charge >= 0.3 is 5.97 Å². The summed E-state index contributed by atoms with van der Waals surface area (Å²) in [5.41, 5.74) is 5.82. The Hall–Kier alpha value is -3.64. The fraction of sp³-hybridized carbons (Fsp3) is 0.355. The van der Waals surface area contributed by atoms with Gasteiger partial charge in [0.25, 0.3) is 0 Å². The largest absolute Gasteiger partial charge is 0.478 e. The summed E-state index contributed by atoms with van der Waals surface area (Å²) in [4.78, 5) is 29.1. The molecule has 5 rings (SSSR count). The molecule has 0 unspecified atom stereocenters. The van der Waals surface area contributed by atoms with Gasteiger partial charge in [-0.2, -0.15) is 0 Å². The van der Waals surface area contributed by atoms with Crippen molar-refractivity contribution in [2.75, 3.05) is 19.8 Å². The monoisotopic (exact) mass is 497 g/mol. The molecule has 3 aromatic rings. The van der Waals surface area contributed by atoms with E-state index < -0.39 is 5.97 Å². The van der Waals surface area contributed by atoms with Crippen molar-refractivity contribution in [2.24, 2.45) is 0 Å². The number of aromatic carboxylic acids is 1. The molecule has 1 aliphatic carbocycles. The van der Waals surface area contributed by atoms with Gasteiger partial charge in [0, 0.05) is 36.9 Å². The van der Waals surface area contributed by atoms with Crippen molar-refractivity contribution in [3.8, 4) is 0 Å². The minimum atomic E-state index is -0.923. The van der Waals surface area contributed by atoms with E-state index >= 15 is 0 Å². The second-order valence-electron chi connectivity index (χ2n) is 10.4. The van der Waals surface area contributed by atoms with Crippen molar-refractivity contribution in [3.63, 3.8) is 0 Å². The van der Waals surface area contributed by atoms with Crippen LogP contribution in [0.4, 0.5) is 0 Å². The molecular formula is C31H35N3O3. The number of allylic oxidation sites excluding steroid dienone is 4. The number of aromatic nitrogens is 1. The van der Waals surface area contributed by atoms with E-state index in [1.165, 1.54) is 5.56 Å². The van der Waals surface area contributed by atoms with Crippen LogP contribution in [-0.4, -0.2) is 51.1 Å². The predicted molar refractivity (Wildman–Crippen MR) is 147 cm³/mol. The van der Waals surface area contributed by atoms with Gasteiger partial charge in [-0.05, 0) is 66.1 Å². The summed E-state index contributed by atoms with van der Waals surface area (Å²) in [7, 11) is 0. The van der Waals surface area contributed by atoms with Crippen molar-refractivity contribution in [1.82, 2.24) is 14.4 Å². The lowest BCUT2D eigenvalue weighted by Gasteiger charge is -2.35. The van der Waals surface area contributed by atoms with Crippen LogP contribution in [0.5, 0.6) is 0 Å². The fourth-order valence-electron chi connectivity index (χ4n) is 5.30. The lowest BCUT2D eigenvalue weighted by Crippen LogP contribution is -2.47. The molecule has 1 fully saturated rings. The molecule has 1 aromatic heterocycles. The zero-order chi connectivity index (χ0) is 25.9. The minimum absolute atomic E-state index is 0.148. The first-order chi connectivity index (χ1) is 17.9. The van der Waals surface area contributed by atoms with Crippen molar-refractivity contribution in [3.05, 3.63) is 89.1 Å². The van der Waals surface area contributed by atoms with Gasteiger partial charge in [-0.1, -0.05) is 50.3 Å². The normalized spacial score (nSPS) is 16.4. The summed E-state index contributed by atoms with van der Waals surface area (Å²) >= 11 is 0. The van der Waals surface area contributed by atoms with E-state index in [9.17, 15) is 14.7 Å². The van der Waals surface area contributed by atoms with Gasteiger partial charge in [-0.15, -0.1) is 0 Å². The summed E-state index contributed by atoms with van der Waals surface area (Å²) in [5.74, 6) is -0.299. The standard InChI is InChI=1S/C31H35N3O3/c1-22(2)24-11-9-23(10-12-24)17-30(35)33-16-6-15-32(21-33)19-26-20-34(27-7-4-3-5-8-27)29-14-13-25(31(36)37)18-28(26)29/h4,7-14,18,20,22H,3,5-6,15-17,19,21H2,1-2H3,(H,36,37). The molecular weight excluding hydrogens is 462 g/mol. The van der Waals surface area contributed by atoms with Crippen molar-refractivity contribution >= 4 is 28.5 Å². The van der Waals surface area contributed by atoms with Crippen molar-refractivity contribution in [1.29, 1.82) is 0 Å². The number of fused-ring (bicyclic) bond motifs is 1. The fourth-order valence-corrected chi connectivity index (χ4v) is 5.30. The van der Waals surface area contributed by atoms with Gasteiger partial charge in [0.2, 0.25) is 5.91 Å². The molecule has 2 aromatic carbocycles. The Balaban J connectivity index is 1.34. The van der Waals surface area contributed by atoms with Crippen molar-refractivity contribution < 1.29 is 14.7 Å². The SMILES string of the molecule is CC(C)c1ccc(CC(=O)N2CCCN(Cc3cn(C4=CCCC=C4)c4ccc(C(=O)O)cc34)C2)cc1. The van der Waals surface area contributed by atoms with Gasteiger partial charge in [-0.3, -0.25) is 9.69 Å². The van der Waals surface area contributed by atoms with E-state index in [0.29, 0.717) is 31.1 Å². The van der Waals surface area contributed by atoms with Gasteiger partial charge < -0.3 is 14.6 Å². The van der Waals surface area contributed by atoms with E-state index in [1.54, 1.807) is 12.1 Å². The highest BCUT2D eigenvalue weighted by atomic mass is 16.4. The molecule has 6 heteroatoms. The molecule has 2 aliphatic rings. The summed E-state index contributed by atoms with van der Waals surface area (Å²) in [6.45, 7) is 7.26. The summed E-state index contributed by atoms with van der Waals surface area (Å²) in [5, 5.41) is 10.5. The maximum Gasteiger partial charge on any atom is 0.335 e. The van der Waals surface area contributed by atoms with E-state index in [2.05, 4.69) is 72.0 Å². The Kier molecular flexibility index (Phi) is 7.28. The number of carbonyl (C=O) groups is 2. The average molecular weight is 498 g/mol. The zero-order valence-corrected chi connectivity index (χ0v) is 21.7. The topological polar surface area (TPSA) is 65.8 Å². The summed E-state index contributed by atoms with van der Waals surface area (Å²) in [6, 6.07) is 13.7. The van der Waals surface area contributed by atoms with Crippen LogP contribution in [0, 0.1) is 0 Å². The van der Waals surface area contributed by atoms with Crippen LogP contribution in [0.25, 0.3) is 16.6 Å². The van der Waals surface area contributed by atoms with E-state index in [1.807, 2.05) is 11.0 Å². The van der Waals surface area contributed by atoms with E-state index in [4.69, 9.17) is 0 Å². The molecule has 0 spiro atoms. The van der Waals surface area contributed by atoms with E-state index in [0.717, 1.165) is 60.1 Å². The highest BCUT2D eigenvalue weighted by Gasteiger charge is 2.24. The van der Waals surface area contributed by atoms with Crippen LogP contribution in [0.3, 0.4) is 0 Å². The molecule has 1 N–H and O–H groups in total. The molecule has 0 bridgehead atoms. The summed E-state index contributed by atoms with van der Waals surface area (Å²) in [6.07, 6.45) is 12.0. The number of carbonyl (C=O) groups excluding carboxylic acids is 1. The Morgan fingerprint density at radius 2 is 1.84 bits per heavy atom. The smallest absolute Gasteiger partial charge is 0.335 e. The number of amides is 1. The second-order valence-corrected chi connectivity index (χ2v) is 10.4. The zero-order valence-electron chi connectivity index (χ0n) is 21.7. The number of rotatable bonds is 7. The van der Waals surface area contributed by atoms with Crippen molar-refractivity contribution in [2.45, 2.75) is 52.0 Å². The van der Waals surface area contributed by atoms with Gasteiger partial charge in [0.05, 0.1) is 24.2 Å². The Morgan fingerprint density at radius 3 is 2.54 bits per heavy atom. The number of carboxylic acids is 1. The minimum Gasteiger partial charge on any atom is -0.478 e. The number of benzene rings is 2.